The second kappa shape index (κ2) is 6.08. The molecule has 1 heterocycles. The highest BCUT2D eigenvalue weighted by Crippen LogP contribution is 2.18. The van der Waals surface area contributed by atoms with Gasteiger partial charge in [-0.1, -0.05) is 0 Å². The van der Waals surface area contributed by atoms with E-state index in [-0.39, 0.29) is 5.56 Å². The number of aryl methyl sites for hydroxylation is 2. The molecule has 1 rings (SSSR count). The molecule has 0 bridgehead atoms. The summed E-state index contributed by atoms with van der Waals surface area (Å²) in [7, 11) is 0. The zero-order valence-corrected chi connectivity index (χ0v) is 11.0. The molecule has 20 heavy (non-hydrogen) atoms. The van der Waals surface area contributed by atoms with Crippen molar-refractivity contribution in [2.75, 3.05) is 19.7 Å². The van der Waals surface area contributed by atoms with Crippen LogP contribution in [0.2, 0.25) is 0 Å². The van der Waals surface area contributed by atoms with E-state index in [4.69, 9.17) is 5.11 Å². The number of aliphatic hydroxyl groups is 1. The van der Waals surface area contributed by atoms with Crippen LogP contribution in [-0.4, -0.2) is 46.8 Å². The van der Waals surface area contributed by atoms with Gasteiger partial charge in [-0.2, -0.15) is 13.2 Å². The second-order valence-corrected chi connectivity index (χ2v) is 4.40. The van der Waals surface area contributed by atoms with Crippen molar-refractivity contribution in [1.29, 1.82) is 0 Å². The number of hydrogen-bond donors (Lipinski definition) is 2. The van der Waals surface area contributed by atoms with E-state index in [9.17, 15) is 22.8 Å². The first-order valence-electron chi connectivity index (χ1n) is 5.83. The minimum absolute atomic E-state index is 0.293. The molecule has 0 spiro atoms. The molecule has 0 saturated carbocycles. The predicted octanol–water partition coefficient (Wildman–Crippen LogP) is 0.989. The van der Waals surface area contributed by atoms with E-state index in [0.717, 1.165) is 0 Å². The fourth-order valence-electron chi connectivity index (χ4n) is 1.87. The lowest BCUT2D eigenvalue weighted by Crippen LogP contribution is -2.43. The number of rotatable bonds is 4. The van der Waals surface area contributed by atoms with Gasteiger partial charge in [0.2, 0.25) is 0 Å². The molecule has 0 aromatic carbocycles. The minimum Gasteiger partial charge on any atom is -0.395 e. The van der Waals surface area contributed by atoms with E-state index < -0.39 is 37.3 Å². The maximum Gasteiger partial charge on any atom is 0.406 e. The standard InChI is InChI=1S/C12H15F3N2O3/c1-7-5-8(2)16-10(19)9(7)11(20)17(3-4-18)6-12(13,14)15/h5,18H,3-4,6H2,1-2H3,(H,16,19). The van der Waals surface area contributed by atoms with Crippen LogP contribution in [-0.2, 0) is 0 Å². The number of hydrogen-bond acceptors (Lipinski definition) is 3. The molecule has 2 N–H and O–H groups in total. The molecular weight excluding hydrogens is 277 g/mol. The zero-order chi connectivity index (χ0) is 15.5. The van der Waals surface area contributed by atoms with Crippen LogP contribution in [0.1, 0.15) is 21.6 Å². The lowest BCUT2D eigenvalue weighted by atomic mass is 10.1. The van der Waals surface area contributed by atoms with E-state index >= 15 is 0 Å². The summed E-state index contributed by atoms with van der Waals surface area (Å²) in [4.78, 5) is 26.6. The number of aromatic nitrogens is 1. The topological polar surface area (TPSA) is 73.4 Å². The molecule has 0 fully saturated rings. The van der Waals surface area contributed by atoms with Crippen molar-refractivity contribution in [1.82, 2.24) is 9.88 Å². The first-order chi connectivity index (χ1) is 9.15. The van der Waals surface area contributed by atoms with Gasteiger partial charge in [-0.3, -0.25) is 9.59 Å². The first-order valence-corrected chi connectivity index (χ1v) is 5.83. The monoisotopic (exact) mass is 292 g/mol. The largest absolute Gasteiger partial charge is 0.406 e. The molecular formula is C12H15F3N2O3. The minimum atomic E-state index is -4.60. The highest BCUT2D eigenvalue weighted by Gasteiger charge is 2.34. The summed E-state index contributed by atoms with van der Waals surface area (Å²) < 4.78 is 37.2. The maximum atomic E-state index is 12.4. The smallest absolute Gasteiger partial charge is 0.395 e. The maximum absolute atomic E-state index is 12.4. The van der Waals surface area contributed by atoms with Crippen LogP contribution in [0.15, 0.2) is 10.9 Å². The molecule has 0 radical (unpaired) electrons. The molecule has 0 atom stereocenters. The van der Waals surface area contributed by atoms with Gasteiger partial charge in [-0.25, -0.2) is 0 Å². The number of carbonyl (C=O) groups excluding carboxylic acids is 1. The molecule has 8 heteroatoms. The van der Waals surface area contributed by atoms with Crippen LogP contribution in [0.4, 0.5) is 13.2 Å². The van der Waals surface area contributed by atoms with Crippen LogP contribution in [0, 0.1) is 13.8 Å². The molecule has 0 aliphatic heterocycles. The van der Waals surface area contributed by atoms with Gasteiger partial charge in [0.25, 0.3) is 11.5 Å². The van der Waals surface area contributed by atoms with Gasteiger partial charge in [0, 0.05) is 12.2 Å². The van der Waals surface area contributed by atoms with Gasteiger partial charge < -0.3 is 15.0 Å². The molecule has 0 unspecified atom stereocenters. The SMILES string of the molecule is Cc1cc(C)c(C(=O)N(CCO)CC(F)(F)F)c(=O)[nH]1. The van der Waals surface area contributed by atoms with E-state index in [1.165, 1.54) is 13.0 Å². The number of halogens is 3. The van der Waals surface area contributed by atoms with Crippen molar-refractivity contribution >= 4 is 5.91 Å². The Morgan fingerprint density at radius 1 is 1.40 bits per heavy atom. The summed E-state index contributed by atoms with van der Waals surface area (Å²) >= 11 is 0. The van der Waals surface area contributed by atoms with Crippen LogP contribution in [0.5, 0.6) is 0 Å². The third kappa shape index (κ3) is 4.09. The van der Waals surface area contributed by atoms with E-state index in [1.54, 1.807) is 6.92 Å². The number of aromatic amines is 1. The number of amides is 1. The number of aliphatic hydroxyl groups excluding tert-OH is 1. The van der Waals surface area contributed by atoms with Crippen LogP contribution in [0.3, 0.4) is 0 Å². The quantitative estimate of drug-likeness (QED) is 0.869. The highest BCUT2D eigenvalue weighted by atomic mass is 19.4. The third-order valence-electron chi connectivity index (χ3n) is 2.61. The fourth-order valence-corrected chi connectivity index (χ4v) is 1.87. The Kier molecular flexibility index (Phi) is 4.93. The number of nitrogens with zero attached hydrogens (tertiary/aromatic N) is 1. The van der Waals surface area contributed by atoms with Crippen LogP contribution < -0.4 is 5.56 Å². The van der Waals surface area contributed by atoms with Gasteiger partial charge >= 0.3 is 6.18 Å². The highest BCUT2D eigenvalue weighted by molar-refractivity contribution is 5.95. The average molecular weight is 292 g/mol. The molecule has 112 valence electrons. The van der Waals surface area contributed by atoms with Crippen molar-refractivity contribution in [3.05, 3.63) is 33.2 Å². The van der Waals surface area contributed by atoms with E-state index in [0.29, 0.717) is 16.2 Å². The first kappa shape index (κ1) is 16.2. The molecule has 0 aliphatic rings. The van der Waals surface area contributed by atoms with Crippen molar-refractivity contribution in [2.45, 2.75) is 20.0 Å². The third-order valence-corrected chi connectivity index (χ3v) is 2.61. The molecule has 0 saturated heterocycles. The van der Waals surface area contributed by atoms with Gasteiger partial charge in [0.1, 0.15) is 12.1 Å². The summed E-state index contributed by atoms with van der Waals surface area (Å²) in [6.45, 7) is 0.443. The summed E-state index contributed by atoms with van der Waals surface area (Å²) in [5.41, 5.74) is -0.277. The van der Waals surface area contributed by atoms with Crippen molar-refractivity contribution in [3.8, 4) is 0 Å². The average Bonchev–Trinajstić information content (AvgIpc) is 2.24. The fraction of sp³-hybridized carbons (Fsp3) is 0.500. The Bertz CT molecular complexity index is 552. The van der Waals surface area contributed by atoms with E-state index in [1.807, 2.05) is 0 Å². The van der Waals surface area contributed by atoms with Gasteiger partial charge in [0.15, 0.2) is 0 Å². The Morgan fingerprint density at radius 3 is 2.45 bits per heavy atom. The number of alkyl halides is 3. The molecule has 5 nitrogen and oxygen atoms in total. The second-order valence-electron chi connectivity index (χ2n) is 4.40. The Labute approximate surface area is 113 Å². The lowest BCUT2D eigenvalue weighted by Gasteiger charge is -2.23. The lowest BCUT2D eigenvalue weighted by molar-refractivity contribution is -0.141. The van der Waals surface area contributed by atoms with Crippen molar-refractivity contribution < 1.29 is 23.1 Å². The molecule has 0 aliphatic carbocycles. The number of H-pyrrole nitrogens is 1. The Balaban J connectivity index is 3.16. The summed E-state index contributed by atoms with van der Waals surface area (Å²) in [6, 6.07) is 1.50. The summed E-state index contributed by atoms with van der Waals surface area (Å²) in [5.74, 6) is -1.05. The predicted molar refractivity (Wildman–Crippen MR) is 65.6 cm³/mol. The normalized spacial score (nSPS) is 11.5. The zero-order valence-electron chi connectivity index (χ0n) is 11.0. The molecule has 1 amide bonds. The van der Waals surface area contributed by atoms with Crippen molar-refractivity contribution in [2.24, 2.45) is 0 Å². The number of carbonyl (C=O) groups is 1. The van der Waals surface area contributed by atoms with Gasteiger partial charge in [0.05, 0.1) is 6.61 Å². The van der Waals surface area contributed by atoms with E-state index in [2.05, 4.69) is 4.98 Å². The Hall–Kier alpha value is -1.83. The summed E-state index contributed by atoms with van der Waals surface area (Å²) in [6.07, 6.45) is -4.60. The van der Waals surface area contributed by atoms with Gasteiger partial charge in [-0.05, 0) is 25.5 Å². The molecule has 1 aromatic heterocycles. The molecule has 1 aromatic rings. The summed E-state index contributed by atoms with van der Waals surface area (Å²) in [5, 5.41) is 8.76. The van der Waals surface area contributed by atoms with Crippen LogP contribution in [0.25, 0.3) is 0 Å². The van der Waals surface area contributed by atoms with Crippen LogP contribution >= 0.6 is 0 Å². The van der Waals surface area contributed by atoms with Gasteiger partial charge in [-0.15, -0.1) is 0 Å². The Morgan fingerprint density at radius 2 is 2.00 bits per heavy atom. The number of pyridine rings is 1. The number of nitrogens with one attached hydrogen (secondary N) is 1. The van der Waals surface area contributed by atoms with Crippen molar-refractivity contribution in [3.63, 3.8) is 0 Å².